The highest BCUT2D eigenvalue weighted by Crippen LogP contribution is 2.34. The second-order valence-corrected chi connectivity index (χ2v) is 4.04. The van der Waals surface area contributed by atoms with Gasteiger partial charge in [0.1, 0.15) is 16.5 Å². The lowest BCUT2D eigenvalue weighted by atomic mass is 10.0. The number of hydrogen-bond acceptors (Lipinski definition) is 2. The molecule has 1 aromatic rings. The lowest BCUT2D eigenvalue weighted by molar-refractivity contribution is 0.138. The zero-order valence-corrected chi connectivity index (χ0v) is 7.85. The lowest BCUT2D eigenvalue weighted by Gasteiger charge is -2.16. The molecule has 0 unspecified atom stereocenters. The summed E-state index contributed by atoms with van der Waals surface area (Å²) in [5, 5.41) is 0.537. The van der Waals surface area contributed by atoms with E-state index in [2.05, 4.69) is 18.8 Å². The minimum atomic E-state index is -0.102. The van der Waals surface area contributed by atoms with Gasteiger partial charge in [0.2, 0.25) is 0 Å². The highest BCUT2D eigenvalue weighted by Gasteiger charge is 2.30. The quantitative estimate of drug-likeness (QED) is 0.577. The molecule has 0 spiro atoms. The smallest absolute Gasteiger partial charge is 0.141 e. The van der Waals surface area contributed by atoms with E-state index in [1.165, 1.54) is 0 Å². The number of halogens is 1. The molecule has 0 amide bonds. The van der Waals surface area contributed by atoms with Crippen molar-refractivity contribution >= 4 is 11.6 Å². The number of ether oxygens (including phenoxy) is 1. The van der Waals surface area contributed by atoms with Gasteiger partial charge >= 0.3 is 0 Å². The molecule has 2 heterocycles. The van der Waals surface area contributed by atoms with Crippen molar-refractivity contribution in [2.75, 3.05) is 0 Å². The maximum Gasteiger partial charge on any atom is 0.141 e. The molecule has 3 heteroatoms. The molecule has 0 fully saturated rings. The van der Waals surface area contributed by atoms with Crippen LogP contribution in [0.1, 0.15) is 19.4 Å². The van der Waals surface area contributed by atoms with Gasteiger partial charge < -0.3 is 4.74 Å². The van der Waals surface area contributed by atoms with Gasteiger partial charge in [-0.2, -0.15) is 0 Å². The second kappa shape index (κ2) is 2.36. The van der Waals surface area contributed by atoms with E-state index in [9.17, 15) is 0 Å². The van der Waals surface area contributed by atoms with Crippen LogP contribution < -0.4 is 4.74 Å². The Hall–Kier alpha value is -0.760. The standard InChI is InChI=1S/C9H10ClNO/c1-9(2)4-6-3-8(10)11-5-7(6)12-9/h3,5H,4H2,1-2H3. The van der Waals surface area contributed by atoms with E-state index in [1.807, 2.05) is 6.07 Å². The largest absolute Gasteiger partial charge is 0.486 e. The molecule has 0 aliphatic carbocycles. The van der Waals surface area contributed by atoms with Crippen LogP contribution in [0.4, 0.5) is 0 Å². The number of nitrogens with zero attached hydrogens (tertiary/aromatic N) is 1. The second-order valence-electron chi connectivity index (χ2n) is 3.65. The Kier molecular flexibility index (Phi) is 1.55. The van der Waals surface area contributed by atoms with E-state index < -0.39 is 0 Å². The van der Waals surface area contributed by atoms with Gasteiger partial charge in [-0.3, -0.25) is 0 Å². The van der Waals surface area contributed by atoms with Crippen LogP contribution in [0.15, 0.2) is 12.3 Å². The normalized spacial score (nSPS) is 18.6. The summed E-state index contributed by atoms with van der Waals surface area (Å²) >= 11 is 5.75. The molecule has 1 aliphatic rings. The average Bonchev–Trinajstić information content (AvgIpc) is 2.21. The van der Waals surface area contributed by atoms with E-state index in [0.717, 1.165) is 17.7 Å². The van der Waals surface area contributed by atoms with Gasteiger partial charge in [0, 0.05) is 12.0 Å². The van der Waals surface area contributed by atoms with Crippen molar-refractivity contribution in [3.63, 3.8) is 0 Å². The van der Waals surface area contributed by atoms with Gasteiger partial charge in [-0.25, -0.2) is 4.98 Å². The monoisotopic (exact) mass is 183 g/mol. The van der Waals surface area contributed by atoms with Crippen LogP contribution in [-0.2, 0) is 6.42 Å². The van der Waals surface area contributed by atoms with Crippen LogP contribution in [0.3, 0.4) is 0 Å². The molecule has 2 rings (SSSR count). The van der Waals surface area contributed by atoms with Crippen LogP contribution in [0, 0.1) is 0 Å². The Morgan fingerprint density at radius 3 is 3.08 bits per heavy atom. The molecule has 12 heavy (non-hydrogen) atoms. The number of hydrogen-bond donors (Lipinski definition) is 0. The molecular formula is C9H10ClNO. The Balaban J connectivity index is 2.43. The fraction of sp³-hybridized carbons (Fsp3) is 0.444. The number of rotatable bonds is 0. The molecule has 0 bridgehead atoms. The minimum Gasteiger partial charge on any atom is -0.486 e. The molecule has 0 N–H and O–H groups in total. The minimum absolute atomic E-state index is 0.102. The first-order valence-electron chi connectivity index (χ1n) is 3.90. The molecule has 0 radical (unpaired) electrons. The summed E-state index contributed by atoms with van der Waals surface area (Å²) in [6.45, 7) is 4.11. The Morgan fingerprint density at radius 1 is 1.58 bits per heavy atom. The van der Waals surface area contributed by atoms with E-state index >= 15 is 0 Å². The third-order valence-corrected chi connectivity index (χ3v) is 2.12. The van der Waals surface area contributed by atoms with E-state index in [1.54, 1.807) is 6.20 Å². The third-order valence-electron chi connectivity index (χ3n) is 1.92. The highest BCUT2D eigenvalue weighted by atomic mass is 35.5. The Labute approximate surface area is 76.5 Å². The fourth-order valence-electron chi connectivity index (χ4n) is 1.48. The maximum atomic E-state index is 5.75. The molecular weight excluding hydrogens is 174 g/mol. The van der Waals surface area contributed by atoms with E-state index in [-0.39, 0.29) is 5.60 Å². The summed E-state index contributed by atoms with van der Waals surface area (Å²) in [5.41, 5.74) is 1.05. The summed E-state index contributed by atoms with van der Waals surface area (Å²) in [6.07, 6.45) is 2.59. The first kappa shape index (κ1) is 7.87. The van der Waals surface area contributed by atoms with Crippen molar-refractivity contribution in [3.8, 4) is 5.75 Å². The molecule has 1 aliphatic heterocycles. The van der Waals surface area contributed by atoms with Gasteiger partial charge in [-0.1, -0.05) is 11.6 Å². The fourth-order valence-corrected chi connectivity index (χ4v) is 1.66. The van der Waals surface area contributed by atoms with Crippen molar-refractivity contribution in [1.29, 1.82) is 0 Å². The van der Waals surface area contributed by atoms with Gasteiger partial charge in [0.15, 0.2) is 0 Å². The molecule has 0 saturated heterocycles. The SMILES string of the molecule is CC1(C)Cc2cc(Cl)ncc2O1. The lowest BCUT2D eigenvalue weighted by Crippen LogP contribution is -2.24. The van der Waals surface area contributed by atoms with Gasteiger partial charge in [-0.15, -0.1) is 0 Å². The molecule has 1 aromatic heterocycles. The van der Waals surface area contributed by atoms with E-state index in [4.69, 9.17) is 16.3 Å². The molecule has 0 atom stereocenters. The van der Waals surface area contributed by atoms with Crippen molar-refractivity contribution < 1.29 is 4.74 Å². The summed E-state index contributed by atoms with van der Waals surface area (Å²) < 4.78 is 5.63. The number of pyridine rings is 1. The predicted octanol–water partition coefficient (Wildman–Crippen LogP) is 2.45. The van der Waals surface area contributed by atoms with Crippen LogP contribution in [0.5, 0.6) is 5.75 Å². The van der Waals surface area contributed by atoms with Crippen molar-refractivity contribution in [1.82, 2.24) is 4.98 Å². The Bertz CT molecular complexity index is 322. The van der Waals surface area contributed by atoms with Gasteiger partial charge in [0.25, 0.3) is 0 Å². The zero-order valence-electron chi connectivity index (χ0n) is 7.10. The predicted molar refractivity (Wildman–Crippen MR) is 47.7 cm³/mol. The zero-order chi connectivity index (χ0) is 8.77. The first-order chi connectivity index (χ1) is 5.57. The Morgan fingerprint density at radius 2 is 2.33 bits per heavy atom. The van der Waals surface area contributed by atoms with E-state index in [0.29, 0.717) is 5.15 Å². The summed E-state index contributed by atoms with van der Waals surface area (Å²) in [5.74, 6) is 0.865. The van der Waals surface area contributed by atoms with Crippen molar-refractivity contribution in [3.05, 3.63) is 23.0 Å². The topological polar surface area (TPSA) is 22.1 Å². The van der Waals surface area contributed by atoms with Crippen molar-refractivity contribution in [2.45, 2.75) is 25.9 Å². The molecule has 2 nitrogen and oxygen atoms in total. The molecule has 0 saturated carbocycles. The van der Waals surface area contributed by atoms with Crippen LogP contribution in [0.2, 0.25) is 5.15 Å². The highest BCUT2D eigenvalue weighted by molar-refractivity contribution is 6.29. The van der Waals surface area contributed by atoms with Gasteiger partial charge in [-0.05, 0) is 19.9 Å². The average molecular weight is 184 g/mol. The van der Waals surface area contributed by atoms with Crippen LogP contribution in [0.25, 0.3) is 0 Å². The number of fused-ring (bicyclic) bond motifs is 1. The summed E-state index contributed by atoms with van der Waals surface area (Å²) in [6, 6.07) is 1.87. The maximum absolute atomic E-state index is 5.75. The molecule has 0 aromatic carbocycles. The van der Waals surface area contributed by atoms with Crippen molar-refractivity contribution in [2.24, 2.45) is 0 Å². The van der Waals surface area contributed by atoms with Crippen LogP contribution in [-0.4, -0.2) is 10.6 Å². The third kappa shape index (κ3) is 1.27. The van der Waals surface area contributed by atoms with Crippen LogP contribution >= 0.6 is 11.6 Å². The van der Waals surface area contributed by atoms with Gasteiger partial charge in [0.05, 0.1) is 6.20 Å². The first-order valence-corrected chi connectivity index (χ1v) is 4.28. The summed E-state index contributed by atoms with van der Waals surface area (Å²) in [7, 11) is 0. The summed E-state index contributed by atoms with van der Waals surface area (Å²) in [4.78, 5) is 3.96. The number of aromatic nitrogens is 1. The molecule has 64 valence electrons.